The van der Waals surface area contributed by atoms with Gasteiger partial charge in [-0.25, -0.2) is 9.48 Å². The standard InChI is InChI=1S/C12H20N4O3/c1-5-19-12(18)10-11(8(2)3)16(15-14-10)7-6-9(17)13-4/h8H,5-7H2,1-4H3,(H,13,17). The fourth-order valence-electron chi connectivity index (χ4n) is 1.73. The molecule has 0 radical (unpaired) electrons. The Bertz CT molecular complexity index is 454. The van der Waals surface area contributed by atoms with Gasteiger partial charge in [-0.05, 0) is 12.8 Å². The largest absolute Gasteiger partial charge is 0.461 e. The van der Waals surface area contributed by atoms with Crippen LogP contribution in [-0.4, -0.2) is 40.5 Å². The second kappa shape index (κ2) is 6.86. The summed E-state index contributed by atoms with van der Waals surface area (Å²) in [5.41, 5.74) is 0.927. The first kappa shape index (κ1) is 15.1. The van der Waals surface area contributed by atoms with Gasteiger partial charge in [0.25, 0.3) is 0 Å². The summed E-state index contributed by atoms with van der Waals surface area (Å²) in [6, 6.07) is 0. The van der Waals surface area contributed by atoms with Crippen LogP contribution in [0, 0.1) is 0 Å². The van der Waals surface area contributed by atoms with Crippen molar-refractivity contribution in [2.75, 3.05) is 13.7 Å². The van der Waals surface area contributed by atoms with Crippen molar-refractivity contribution in [2.24, 2.45) is 0 Å². The number of rotatable bonds is 6. The van der Waals surface area contributed by atoms with Crippen molar-refractivity contribution < 1.29 is 14.3 Å². The second-order valence-electron chi connectivity index (χ2n) is 4.34. The summed E-state index contributed by atoms with van der Waals surface area (Å²) in [4.78, 5) is 23.0. The molecule has 19 heavy (non-hydrogen) atoms. The van der Waals surface area contributed by atoms with Crippen LogP contribution in [0.25, 0.3) is 0 Å². The summed E-state index contributed by atoms with van der Waals surface area (Å²) in [5.74, 6) is -0.487. The molecule has 1 N–H and O–H groups in total. The van der Waals surface area contributed by atoms with Crippen LogP contribution in [0.5, 0.6) is 0 Å². The van der Waals surface area contributed by atoms with Crippen molar-refractivity contribution in [2.45, 2.75) is 39.7 Å². The quantitative estimate of drug-likeness (QED) is 0.768. The van der Waals surface area contributed by atoms with Gasteiger partial charge in [-0.15, -0.1) is 5.10 Å². The van der Waals surface area contributed by atoms with E-state index < -0.39 is 5.97 Å². The number of nitrogens with one attached hydrogen (secondary N) is 1. The molecule has 0 aliphatic rings. The molecule has 0 saturated heterocycles. The highest BCUT2D eigenvalue weighted by Crippen LogP contribution is 2.18. The minimum absolute atomic E-state index is 0.0686. The Kier molecular flexibility index (Phi) is 5.47. The van der Waals surface area contributed by atoms with E-state index in [-0.39, 0.29) is 17.5 Å². The maximum Gasteiger partial charge on any atom is 0.360 e. The van der Waals surface area contributed by atoms with E-state index >= 15 is 0 Å². The molecule has 0 fully saturated rings. The molecule has 0 aliphatic heterocycles. The number of aromatic nitrogens is 3. The first-order valence-electron chi connectivity index (χ1n) is 6.32. The van der Waals surface area contributed by atoms with Crippen LogP contribution in [0.1, 0.15) is 49.3 Å². The molecular weight excluding hydrogens is 248 g/mol. The summed E-state index contributed by atoms with van der Waals surface area (Å²) >= 11 is 0. The number of aryl methyl sites for hydroxylation is 1. The maximum atomic E-state index is 11.8. The average molecular weight is 268 g/mol. The number of nitrogens with zero attached hydrogens (tertiary/aromatic N) is 3. The van der Waals surface area contributed by atoms with Gasteiger partial charge in [0.15, 0.2) is 5.69 Å². The number of carbonyl (C=O) groups excluding carboxylic acids is 2. The average Bonchev–Trinajstić information content (AvgIpc) is 2.80. The molecule has 1 rings (SSSR count). The van der Waals surface area contributed by atoms with Crippen molar-refractivity contribution in [3.8, 4) is 0 Å². The normalized spacial score (nSPS) is 10.6. The number of esters is 1. The Morgan fingerprint density at radius 2 is 2.11 bits per heavy atom. The smallest absolute Gasteiger partial charge is 0.360 e. The lowest BCUT2D eigenvalue weighted by atomic mass is 10.1. The third-order valence-electron chi connectivity index (χ3n) is 2.62. The Morgan fingerprint density at radius 3 is 2.63 bits per heavy atom. The monoisotopic (exact) mass is 268 g/mol. The second-order valence-corrected chi connectivity index (χ2v) is 4.34. The number of amides is 1. The highest BCUT2D eigenvalue weighted by molar-refractivity contribution is 5.88. The van der Waals surface area contributed by atoms with Crippen molar-refractivity contribution >= 4 is 11.9 Å². The van der Waals surface area contributed by atoms with E-state index in [2.05, 4.69) is 15.6 Å². The number of carbonyl (C=O) groups is 2. The SMILES string of the molecule is CCOC(=O)c1nnn(CCC(=O)NC)c1C(C)C. The van der Waals surface area contributed by atoms with E-state index in [0.717, 1.165) is 0 Å². The zero-order valence-corrected chi connectivity index (χ0v) is 11.8. The van der Waals surface area contributed by atoms with E-state index in [1.807, 2.05) is 13.8 Å². The highest BCUT2D eigenvalue weighted by Gasteiger charge is 2.23. The highest BCUT2D eigenvalue weighted by atomic mass is 16.5. The third kappa shape index (κ3) is 3.77. The molecule has 0 bridgehead atoms. The molecule has 7 nitrogen and oxygen atoms in total. The molecule has 1 aromatic rings. The van der Waals surface area contributed by atoms with E-state index in [9.17, 15) is 9.59 Å². The van der Waals surface area contributed by atoms with Gasteiger partial charge in [0, 0.05) is 13.5 Å². The molecule has 1 aromatic heterocycles. The molecule has 0 aliphatic carbocycles. The summed E-state index contributed by atoms with van der Waals surface area (Å²) < 4.78 is 6.53. The predicted molar refractivity (Wildman–Crippen MR) is 68.8 cm³/mol. The first-order valence-corrected chi connectivity index (χ1v) is 6.32. The van der Waals surface area contributed by atoms with Crippen molar-refractivity contribution in [1.29, 1.82) is 0 Å². The molecule has 0 spiro atoms. The number of hydrogen-bond acceptors (Lipinski definition) is 5. The Labute approximate surface area is 112 Å². The predicted octanol–water partition coefficient (Wildman–Crippen LogP) is 0.714. The van der Waals surface area contributed by atoms with Crippen LogP contribution in [0.2, 0.25) is 0 Å². The third-order valence-corrected chi connectivity index (χ3v) is 2.62. The van der Waals surface area contributed by atoms with Crippen LogP contribution in [-0.2, 0) is 16.1 Å². The van der Waals surface area contributed by atoms with Crippen molar-refractivity contribution in [3.05, 3.63) is 11.4 Å². The molecule has 0 aromatic carbocycles. The summed E-state index contributed by atoms with van der Waals surface area (Å²) in [7, 11) is 1.58. The topological polar surface area (TPSA) is 86.1 Å². The fraction of sp³-hybridized carbons (Fsp3) is 0.667. The fourth-order valence-corrected chi connectivity index (χ4v) is 1.73. The van der Waals surface area contributed by atoms with Crippen LogP contribution in [0.3, 0.4) is 0 Å². The lowest BCUT2D eigenvalue weighted by molar-refractivity contribution is -0.120. The zero-order chi connectivity index (χ0) is 14.4. The molecule has 1 heterocycles. The van der Waals surface area contributed by atoms with Gasteiger partial charge in [0.1, 0.15) is 0 Å². The molecule has 0 saturated carbocycles. The van der Waals surface area contributed by atoms with Gasteiger partial charge in [-0.2, -0.15) is 0 Å². The summed E-state index contributed by atoms with van der Waals surface area (Å²) in [6.07, 6.45) is 0.293. The molecule has 1 amide bonds. The van der Waals surface area contributed by atoms with Gasteiger partial charge >= 0.3 is 5.97 Å². The Hall–Kier alpha value is -1.92. The number of ether oxygens (including phenoxy) is 1. The first-order chi connectivity index (χ1) is 9.01. The zero-order valence-electron chi connectivity index (χ0n) is 11.8. The van der Waals surface area contributed by atoms with E-state index in [4.69, 9.17) is 4.74 Å². The Morgan fingerprint density at radius 1 is 1.42 bits per heavy atom. The molecule has 106 valence electrons. The maximum absolute atomic E-state index is 11.8. The molecule has 0 atom stereocenters. The van der Waals surface area contributed by atoms with Crippen LogP contribution in [0.15, 0.2) is 0 Å². The van der Waals surface area contributed by atoms with E-state index in [1.54, 1.807) is 18.7 Å². The van der Waals surface area contributed by atoms with E-state index in [0.29, 0.717) is 25.3 Å². The van der Waals surface area contributed by atoms with Gasteiger partial charge < -0.3 is 10.1 Å². The molecule has 0 unspecified atom stereocenters. The minimum atomic E-state index is -0.475. The van der Waals surface area contributed by atoms with Crippen LogP contribution < -0.4 is 5.32 Å². The number of hydrogen-bond donors (Lipinski definition) is 1. The van der Waals surface area contributed by atoms with Crippen molar-refractivity contribution in [1.82, 2.24) is 20.3 Å². The summed E-state index contributed by atoms with van der Waals surface area (Å²) in [6.45, 7) is 6.31. The van der Waals surface area contributed by atoms with Gasteiger partial charge in [0.05, 0.1) is 18.8 Å². The van der Waals surface area contributed by atoms with Crippen LogP contribution in [0.4, 0.5) is 0 Å². The van der Waals surface area contributed by atoms with Gasteiger partial charge in [-0.1, -0.05) is 19.1 Å². The Balaban J connectivity index is 2.93. The lowest BCUT2D eigenvalue weighted by Gasteiger charge is -2.10. The summed E-state index contributed by atoms with van der Waals surface area (Å²) in [5, 5.41) is 10.3. The lowest BCUT2D eigenvalue weighted by Crippen LogP contribution is -2.21. The van der Waals surface area contributed by atoms with E-state index in [1.165, 1.54) is 0 Å². The molecule has 7 heteroatoms. The minimum Gasteiger partial charge on any atom is -0.461 e. The van der Waals surface area contributed by atoms with Gasteiger partial charge in [0.2, 0.25) is 5.91 Å². The molecular formula is C12H20N4O3. The van der Waals surface area contributed by atoms with Crippen LogP contribution >= 0.6 is 0 Å². The van der Waals surface area contributed by atoms with Crippen molar-refractivity contribution in [3.63, 3.8) is 0 Å². The van der Waals surface area contributed by atoms with Gasteiger partial charge in [-0.3, -0.25) is 4.79 Å².